The van der Waals surface area contributed by atoms with E-state index in [0.29, 0.717) is 0 Å². The molecule has 0 fully saturated rings. The molecule has 0 aliphatic rings. The van der Waals surface area contributed by atoms with Gasteiger partial charge in [0.25, 0.3) is 0 Å². The average molecular weight is 366 g/mol. The molecule has 15 heavy (non-hydrogen) atoms. The third-order valence-corrected chi connectivity index (χ3v) is 1.18. The number of rotatable bonds is 6. The molecule has 2 unspecified atom stereocenters. The Morgan fingerprint density at radius 3 is 1.47 bits per heavy atom. The molecule has 0 bridgehead atoms. The molecule has 0 aromatic rings. The van der Waals surface area contributed by atoms with Gasteiger partial charge in [-0.05, 0) is 12.2 Å². The van der Waals surface area contributed by atoms with Gasteiger partial charge in [-0.2, -0.15) is 0 Å². The van der Waals surface area contributed by atoms with Crippen molar-refractivity contribution in [3.63, 3.8) is 0 Å². The van der Waals surface area contributed by atoms with Crippen LogP contribution in [0.5, 0.6) is 0 Å². The summed E-state index contributed by atoms with van der Waals surface area (Å²) in [6, 6.07) is 0. The number of carboxylic acids is 2. The second-order valence-corrected chi connectivity index (χ2v) is 2.56. The fourth-order valence-electron chi connectivity index (χ4n) is 0.819. The van der Waals surface area contributed by atoms with Gasteiger partial charge in [0.2, 0.25) is 0 Å². The maximum Gasteiger partial charge on any atom is 0.166 e. The van der Waals surface area contributed by atoms with Crippen LogP contribution in [0.4, 0.5) is 0 Å². The predicted octanol–water partition coefficient (Wildman–Crippen LogP) is 0.353. The predicted molar refractivity (Wildman–Crippen MR) is 43.9 cm³/mol. The van der Waals surface area contributed by atoms with E-state index < -0.39 is 24.1 Å². The second-order valence-electron chi connectivity index (χ2n) is 2.56. The van der Waals surface area contributed by atoms with Crippen LogP contribution in [-0.2, 0) is 79.7 Å². The molecule has 5 nitrogen and oxygen atoms in total. The van der Waals surface area contributed by atoms with Gasteiger partial charge < -0.3 is 14.9 Å². The molecule has 0 aliphatic heterocycles. The van der Waals surface area contributed by atoms with Crippen molar-refractivity contribution in [1.29, 1.82) is 0 Å². The summed E-state index contributed by atoms with van der Waals surface area (Å²) >= 11 is 0. The zero-order valence-electron chi connectivity index (χ0n) is 8.58. The molecule has 7 heteroatoms. The molecule has 2 atom stereocenters. The Morgan fingerprint density at radius 1 is 1.00 bits per heavy atom. The fraction of sp³-hybridized carbons (Fsp3) is 0.500. The molecule has 0 amide bonds. The number of hydrogen-bond acceptors (Lipinski definition) is 3. The van der Waals surface area contributed by atoms with Crippen LogP contribution in [0, 0.1) is 12.8 Å². The minimum Gasteiger partial charge on any atom is -0.503 e. The molecular weight excluding hydrogens is 354 g/mol. The van der Waals surface area contributed by atoms with E-state index in [2.05, 4.69) is 0 Å². The van der Waals surface area contributed by atoms with E-state index in [4.69, 9.17) is 14.9 Å². The summed E-state index contributed by atoms with van der Waals surface area (Å²) in [7, 11) is 0. The smallest absolute Gasteiger partial charge is 0.166 e. The molecule has 0 aromatic carbocycles. The standard InChI is InChI=1S/C8H12O5.2Y/c1-5(3-7(9)10)13-6(2)4-8(11)12;;/h3-6H,1-2H3,(H,9,10)(H,11,12);;/q-2;;. The molecular formula is C8H12O5Y2-2. The first-order valence-corrected chi connectivity index (χ1v) is 3.73. The van der Waals surface area contributed by atoms with Gasteiger partial charge in [-0.25, -0.2) is 0 Å². The Morgan fingerprint density at radius 2 is 1.27 bits per heavy atom. The Kier molecular flexibility index (Phi) is 16.0. The van der Waals surface area contributed by atoms with Gasteiger partial charge in [-0.3, -0.25) is 22.4 Å². The number of carbonyl (C=O) groups is 2. The summed E-state index contributed by atoms with van der Waals surface area (Å²) in [4.78, 5) is 20.3. The van der Waals surface area contributed by atoms with Crippen LogP contribution in [-0.4, -0.2) is 34.4 Å². The van der Waals surface area contributed by atoms with E-state index in [1.807, 2.05) is 0 Å². The monoisotopic (exact) mass is 366 g/mol. The van der Waals surface area contributed by atoms with Crippen LogP contribution in [0.1, 0.15) is 13.8 Å². The van der Waals surface area contributed by atoms with Crippen molar-refractivity contribution in [3.05, 3.63) is 12.8 Å². The van der Waals surface area contributed by atoms with Gasteiger partial charge in [0.05, 0.1) is 0 Å². The zero-order chi connectivity index (χ0) is 10.4. The molecule has 0 aromatic heterocycles. The summed E-state index contributed by atoms with van der Waals surface area (Å²) in [5.74, 6) is -2.18. The van der Waals surface area contributed by atoms with Gasteiger partial charge in [0.1, 0.15) is 0 Å². The van der Waals surface area contributed by atoms with E-state index in [9.17, 15) is 9.59 Å². The summed E-state index contributed by atoms with van der Waals surface area (Å²) in [5, 5.41) is 16.6. The fourth-order valence-corrected chi connectivity index (χ4v) is 0.819. The topological polar surface area (TPSA) is 83.8 Å². The van der Waals surface area contributed by atoms with Gasteiger partial charge >= 0.3 is 0 Å². The quantitative estimate of drug-likeness (QED) is 0.664. The number of hydrogen-bond donors (Lipinski definition) is 2. The Hall–Kier alpha value is 0.848. The molecule has 0 aliphatic carbocycles. The summed E-state index contributed by atoms with van der Waals surface area (Å²) in [5.41, 5.74) is 0. The molecule has 0 rings (SSSR count). The molecule has 0 spiro atoms. The number of ether oxygens (including phenoxy) is 1. The minimum absolute atomic E-state index is 0. The summed E-state index contributed by atoms with van der Waals surface area (Å²) in [6.07, 6.45) is 0.685. The van der Waals surface area contributed by atoms with Crippen LogP contribution in [0.25, 0.3) is 0 Å². The number of carboxylic acid groups (broad SMARTS) is 2. The minimum atomic E-state index is -1.09. The Labute approximate surface area is 139 Å². The first kappa shape index (κ1) is 21.2. The van der Waals surface area contributed by atoms with E-state index in [-0.39, 0.29) is 65.4 Å². The van der Waals surface area contributed by atoms with Crippen LogP contribution in [0.2, 0.25) is 0 Å². The van der Waals surface area contributed by atoms with E-state index >= 15 is 0 Å². The maximum absolute atomic E-state index is 10.2. The van der Waals surface area contributed by atoms with Crippen molar-refractivity contribution in [3.8, 4) is 0 Å². The van der Waals surface area contributed by atoms with E-state index in [1.165, 1.54) is 13.8 Å². The van der Waals surface area contributed by atoms with Crippen LogP contribution < -0.4 is 0 Å². The average Bonchev–Trinajstić information content (AvgIpc) is 1.80. The molecule has 0 heterocycles. The van der Waals surface area contributed by atoms with Gasteiger partial charge in [0, 0.05) is 65.4 Å². The van der Waals surface area contributed by atoms with Crippen molar-refractivity contribution < 1.29 is 90.0 Å². The van der Waals surface area contributed by atoms with E-state index in [0.717, 1.165) is 12.8 Å². The third-order valence-electron chi connectivity index (χ3n) is 1.18. The molecule has 0 saturated heterocycles. The SMILES string of the molecule is CC([CH-]C(=O)O)OC(C)[CH-]C(=O)O.[Y].[Y]. The van der Waals surface area contributed by atoms with Gasteiger partial charge in [0.15, 0.2) is 11.9 Å². The van der Waals surface area contributed by atoms with Crippen molar-refractivity contribution >= 4 is 11.9 Å². The Bertz CT molecular complexity index is 177. The van der Waals surface area contributed by atoms with Crippen LogP contribution in [0.15, 0.2) is 0 Å². The third kappa shape index (κ3) is 14.8. The molecule has 2 N–H and O–H groups in total. The van der Waals surface area contributed by atoms with Crippen molar-refractivity contribution in [1.82, 2.24) is 0 Å². The summed E-state index contributed by atoms with van der Waals surface area (Å²) in [6.45, 7) is 3.06. The van der Waals surface area contributed by atoms with Crippen molar-refractivity contribution in [2.24, 2.45) is 0 Å². The first-order chi connectivity index (χ1) is 5.91. The van der Waals surface area contributed by atoms with Crippen molar-refractivity contribution in [2.75, 3.05) is 0 Å². The van der Waals surface area contributed by atoms with Crippen LogP contribution >= 0.6 is 0 Å². The zero-order valence-corrected chi connectivity index (χ0v) is 14.3. The normalized spacial score (nSPS) is 12.4. The van der Waals surface area contributed by atoms with Crippen LogP contribution in [0.3, 0.4) is 0 Å². The van der Waals surface area contributed by atoms with E-state index in [1.54, 1.807) is 0 Å². The first-order valence-electron chi connectivity index (χ1n) is 3.73. The molecule has 2 radical (unpaired) electrons. The molecule has 0 saturated carbocycles. The second kappa shape index (κ2) is 11.3. The van der Waals surface area contributed by atoms with Gasteiger partial charge in [-0.1, -0.05) is 13.8 Å². The van der Waals surface area contributed by atoms with Gasteiger partial charge in [-0.15, -0.1) is 0 Å². The maximum atomic E-state index is 10.2. The largest absolute Gasteiger partial charge is 0.503 e. The molecule has 82 valence electrons. The Balaban J connectivity index is -0.000000720. The number of aliphatic carboxylic acids is 2. The van der Waals surface area contributed by atoms with Crippen molar-refractivity contribution in [2.45, 2.75) is 26.1 Å². The summed E-state index contributed by atoms with van der Waals surface area (Å²) < 4.78 is 5.00.